The Bertz CT molecular complexity index is 377. The second kappa shape index (κ2) is 4.83. The van der Waals surface area contributed by atoms with Crippen LogP contribution in [0.5, 0.6) is 0 Å². The molecule has 0 amide bonds. The first-order valence-electron chi connectivity index (χ1n) is 4.25. The van der Waals surface area contributed by atoms with Gasteiger partial charge in [-0.05, 0) is 17.2 Å². The summed E-state index contributed by atoms with van der Waals surface area (Å²) in [6.45, 7) is -1.20. The summed E-state index contributed by atoms with van der Waals surface area (Å²) in [4.78, 5) is 9.97. The lowest BCUT2D eigenvalue weighted by atomic mass is 10.0. The maximum atomic E-state index is 10.6. The van der Waals surface area contributed by atoms with Gasteiger partial charge in [-0.25, -0.2) is 0 Å². The van der Waals surface area contributed by atoms with Gasteiger partial charge < -0.3 is 15.3 Å². The maximum Gasteiger partial charge on any atom is 0.275 e. The van der Waals surface area contributed by atoms with Crippen LogP contribution in [0.15, 0.2) is 12.1 Å². The van der Waals surface area contributed by atoms with Gasteiger partial charge in [-0.15, -0.1) is 0 Å². The molecule has 0 bridgehead atoms. The van der Waals surface area contributed by atoms with E-state index < -0.39 is 11.5 Å². The van der Waals surface area contributed by atoms with E-state index in [-0.39, 0.29) is 24.5 Å². The van der Waals surface area contributed by atoms with Gasteiger partial charge in [0.25, 0.3) is 5.69 Å². The molecule has 0 unspecified atom stereocenters. The molecule has 82 valence electrons. The molecule has 0 aliphatic carbocycles. The van der Waals surface area contributed by atoms with Crippen LogP contribution in [0, 0.1) is 10.1 Å². The number of nitro groups is 1. The SMILES string of the molecule is O=[N+]([O-])c1cc(CO)c(CO)cc1CO. The largest absolute Gasteiger partial charge is 0.392 e. The third-order valence-corrected chi connectivity index (χ3v) is 2.11. The molecule has 0 aromatic heterocycles. The van der Waals surface area contributed by atoms with E-state index in [4.69, 9.17) is 15.3 Å². The van der Waals surface area contributed by atoms with Crippen LogP contribution in [0.2, 0.25) is 0 Å². The summed E-state index contributed by atoms with van der Waals surface area (Å²) >= 11 is 0. The average molecular weight is 213 g/mol. The van der Waals surface area contributed by atoms with Crippen LogP contribution < -0.4 is 0 Å². The van der Waals surface area contributed by atoms with Crippen molar-refractivity contribution < 1.29 is 20.2 Å². The number of aliphatic hydroxyl groups is 3. The lowest BCUT2D eigenvalue weighted by molar-refractivity contribution is -0.386. The third-order valence-electron chi connectivity index (χ3n) is 2.11. The minimum Gasteiger partial charge on any atom is -0.392 e. The number of benzene rings is 1. The smallest absolute Gasteiger partial charge is 0.275 e. The molecule has 1 rings (SSSR count). The Morgan fingerprint density at radius 3 is 1.87 bits per heavy atom. The summed E-state index contributed by atoms with van der Waals surface area (Å²) in [5, 5.41) is 37.4. The minimum atomic E-state index is -0.633. The summed E-state index contributed by atoms with van der Waals surface area (Å²) in [7, 11) is 0. The lowest BCUT2D eigenvalue weighted by Gasteiger charge is -2.07. The fraction of sp³-hybridized carbons (Fsp3) is 0.333. The highest BCUT2D eigenvalue weighted by Crippen LogP contribution is 2.24. The van der Waals surface area contributed by atoms with E-state index in [1.54, 1.807) is 0 Å². The van der Waals surface area contributed by atoms with Crippen molar-refractivity contribution in [3.8, 4) is 0 Å². The molecule has 6 heteroatoms. The molecular formula is C9H11NO5. The van der Waals surface area contributed by atoms with Crippen LogP contribution >= 0.6 is 0 Å². The van der Waals surface area contributed by atoms with Gasteiger partial charge in [-0.2, -0.15) is 0 Å². The van der Waals surface area contributed by atoms with Gasteiger partial charge in [-0.3, -0.25) is 10.1 Å². The van der Waals surface area contributed by atoms with Crippen LogP contribution in [0.25, 0.3) is 0 Å². The van der Waals surface area contributed by atoms with E-state index >= 15 is 0 Å². The number of hydrogen-bond donors (Lipinski definition) is 3. The standard InChI is InChI=1S/C9H11NO5/c11-3-6-1-8(5-13)9(10(14)15)2-7(6)4-12/h1-2,11-13H,3-5H2. The van der Waals surface area contributed by atoms with E-state index in [1.807, 2.05) is 0 Å². The van der Waals surface area contributed by atoms with Crippen molar-refractivity contribution in [2.24, 2.45) is 0 Å². The number of nitrogens with zero attached hydrogens (tertiary/aromatic N) is 1. The molecule has 1 aromatic carbocycles. The zero-order chi connectivity index (χ0) is 11.4. The van der Waals surface area contributed by atoms with Crippen molar-refractivity contribution in [2.75, 3.05) is 0 Å². The molecule has 0 aliphatic rings. The molecule has 0 radical (unpaired) electrons. The maximum absolute atomic E-state index is 10.6. The number of aliphatic hydroxyl groups excluding tert-OH is 3. The molecule has 0 saturated carbocycles. The predicted molar refractivity (Wildman–Crippen MR) is 50.9 cm³/mol. The molecule has 0 atom stereocenters. The zero-order valence-corrected chi connectivity index (χ0v) is 7.88. The summed E-state index contributed by atoms with van der Waals surface area (Å²) in [5.41, 5.74) is 0.550. The second-order valence-electron chi connectivity index (χ2n) is 2.98. The normalized spacial score (nSPS) is 10.3. The Labute approximate surface area is 85.6 Å². The van der Waals surface area contributed by atoms with Crippen LogP contribution in [0.3, 0.4) is 0 Å². The zero-order valence-electron chi connectivity index (χ0n) is 7.88. The van der Waals surface area contributed by atoms with E-state index in [9.17, 15) is 10.1 Å². The highest BCUT2D eigenvalue weighted by molar-refractivity contribution is 5.46. The van der Waals surface area contributed by atoms with Crippen molar-refractivity contribution in [1.29, 1.82) is 0 Å². The van der Waals surface area contributed by atoms with Crippen LogP contribution in [-0.4, -0.2) is 20.2 Å². The summed E-state index contributed by atoms with van der Waals surface area (Å²) in [5.74, 6) is 0. The van der Waals surface area contributed by atoms with Gasteiger partial charge >= 0.3 is 0 Å². The van der Waals surface area contributed by atoms with E-state index in [2.05, 4.69) is 0 Å². The molecule has 1 aromatic rings. The average Bonchev–Trinajstić information content (AvgIpc) is 2.26. The molecular weight excluding hydrogens is 202 g/mol. The van der Waals surface area contributed by atoms with Crippen molar-refractivity contribution in [2.45, 2.75) is 19.8 Å². The molecule has 0 aliphatic heterocycles. The highest BCUT2D eigenvalue weighted by atomic mass is 16.6. The van der Waals surface area contributed by atoms with Crippen molar-refractivity contribution >= 4 is 5.69 Å². The first kappa shape index (κ1) is 11.6. The van der Waals surface area contributed by atoms with Crippen LogP contribution in [-0.2, 0) is 19.8 Å². The molecule has 15 heavy (non-hydrogen) atoms. The van der Waals surface area contributed by atoms with E-state index in [0.717, 1.165) is 6.07 Å². The van der Waals surface area contributed by atoms with Crippen LogP contribution in [0.4, 0.5) is 5.69 Å². The first-order chi connectivity index (χ1) is 7.13. The van der Waals surface area contributed by atoms with Crippen molar-refractivity contribution in [3.63, 3.8) is 0 Å². The molecule has 6 nitrogen and oxygen atoms in total. The highest BCUT2D eigenvalue weighted by Gasteiger charge is 2.16. The van der Waals surface area contributed by atoms with Crippen LogP contribution in [0.1, 0.15) is 16.7 Å². The van der Waals surface area contributed by atoms with Gasteiger partial charge in [0.05, 0.1) is 30.3 Å². The third kappa shape index (κ3) is 2.30. The Kier molecular flexibility index (Phi) is 3.73. The quantitative estimate of drug-likeness (QED) is 0.485. The molecule has 3 N–H and O–H groups in total. The fourth-order valence-electron chi connectivity index (χ4n) is 1.32. The Morgan fingerprint density at radius 2 is 1.47 bits per heavy atom. The monoisotopic (exact) mass is 213 g/mol. The lowest BCUT2D eigenvalue weighted by Crippen LogP contribution is -2.02. The summed E-state index contributed by atoms with van der Waals surface area (Å²) in [6, 6.07) is 2.49. The number of nitro benzene ring substituents is 1. The molecule has 0 fully saturated rings. The predicted octanol–water partition coefficient (Wildman–Crippen LogP) is 0.0717. The van der Waals surface area contributed by atoms with Gasteiger partial charge in [0.2, 0.25) is 0 Å². The Hall–Kier alpha value is -1.50. The minimum absolute atomic E-state index is 0.126. The van der Waals surface area contributed by atoms with Gasteiger partial charge in [0, 0.05) is 6.07 Å². The van der Waals surface area contributed by atoms with Crippen molar-refractivity contribution in [1.82, 2.24) is 0 Å². The van der Waals surface area contributed by atoms with E-state index in [1.165, 1.54) is 6.07 Å². The number of hydrogen-bond acceptors (Lipinski definition) is 5. The second-order valence-corrected chi connectivity index (χ2v) is 2.98. The fourth-order valence-corrected chi connectivity index (χ4v) is 1.32. The Morgan fingerprint density at radius 1 is 1.00 bits per heavy atom. The summed E-state index contributed by atoms with van der Waals surface area (Å²) in [6.07, 6.45) is 0. The Balaban J connectivity index is 3.34. The van der Waals surface area contributed by atoms with Crippen molar-refractivity contribution in [3.05, 3.63) is 38.9 Å². The topological polar surface area (TPSA) is 104 Å². The van der Waals surface area contributed by atoms with Gasteiger partial charge in [0.15, 0.2) is 0 Å². The molecule has 0 spiro atoms. The van der Waals surface area contributed by atoms with Gasteiger partial charge in [-0.1, -0.05) is 0 Å². The molecule has 0 heterocycles. The van der Waals surface area contributed by atoms with E-state index in [0.29, 0.717) is 11.1 Å². The number of rotatable bonds is 4. The first-order valence-corrected chi connectivity index (χ1v) is 4.25. The molecule has 0 saturated heterocycles. The summed E-state index contributed by atoms with van der Waals surface area (Å²) < 4.78 is 0. The van der Waals surface area contributed by atoms with Gasteiger partial charge in [0.1, 0.15) is 0 Å².